The van der Waals surface area contributed by atoms with Gasteiger partial charge in [-0.2, -0.15) is 0 Å². The number of esters is 1. The predicted molar refractivity (Wildman–Crippen MR) is 178 cm³/mol. The van der Waals surface area contributed by atoms with Crippen LogP contribution in [0.4, 0.5) is 0 Å². The Labute approximate surface area is 270 Å². The van der Waals surface area contributed by atoms with Gasteiger partial charge < -0.3 is 18.8 Å². The van der Waals surface area contributed by atoms with Gasteiger partial charge in [-0.3, -0.25) is 9.69 Å². The van der Waals surface area contributed by atoms with Crippen molar-refractivity contribution in [1.29, 1.82) is 0 Å². The predicted octanol–water partition coefficient (Wildman–Crippen LogP) is 7.91. The zero-order chi connectivity index (χ0) is 31.4. The molecule has 0 radical (unpaired) electrons. The maximum Gasteiger partial charge on any atom is 0.343 e. The molecule has 0 aliphatic rings. The van der Waals surface area contributed by atoms with Gasteiger partial charge in [0.1, 0.15) is 21.9 Å². The Kier molecular flexibility index (Phi) is 9.96. The average molecular weight is 652 g/mol. The second-order valence-corrected chi connectivity index (χ2v) is 12.0. The van der Waals surface area contributed by atoms with E-state index in [2.05, 4.69) is 4.90 Å². The molecule has 0 unspecified atom stereocenters. The zero-order valence-corrected chi connectivity index (χ0v) is 27.2. The fourth-order valence-corrected chi connectivity index (χ4v) is 7.00. The van der Waals surface area contributed by atoms with E-state index in [1.165, 1.54) is 11.3 Å². The minimum Gasteiger partial charge on any atom is -0.497 e. The van der Waals surface area contributed by atoms with E-state index in [0.717, 1.165) is 37.7 Å². The molecular formula is C34H32Cl2N2O5S. The lowest BCUT2D eigenvalue weighted by molar-refractivity contribution is 0.0524. The fraction of sp³-hybridized carbons (Fsp3) is 0.235. The lowest BCUT2D eigenvalue weighted by Crippen LogP contribution is -2.23. The molecule has 0 saturated carbocycles. The van der Waals surface area contributed by atoms with E-state index in [-0.39, 0.29) is 17.6 Å². The van der Waals surface area contributed by atoms with Crippen molar-refractivity contribution in [1.82, 2.24) is 9.47 Å². The van der Waals surface area contributed by atoms with Crippen molar-refractivity contribution in [3.05, 3.63) is 115 Å². The number of halogens is 2. The number of thiophene rings is 1. The van der Waals surface area contributed by atoms with Crippen LogP contribution in [0, 0.1) is 0 Å². The summed E-state index contributed by atoms with van der Waals surface area (Å²) >= 11 is 14.5. The number of hydrogen-bond acceptors (Lipinski definition) is 7. The number of para-hydroxylation sites is 1. The van der Waals surface area contributed by atoms with Gasteiger partial charge in [0.2, 0.25) is 5.43 Å². The smallest absolute Gasteiger partial charge is 0.343 e. The molecular weight excluding hydrogens is 619 g/mol. The van der Waals surface area contributed by atoms with Crippen LogP contribution in [0.1, 0.15) is 34.0 Å². The Bertz CT molecular complexity index is 1850. The lowest BCUT2D eigenvalue weighted by atomic mass is 10.0. The first kappa shape index (κ1) is 31.6. The van der Waals surface area contributed by atoms with E-state index in [1.807, 2.05) is 78.3 Å². The fourth-order valence-electron chi connectivity index (χ4n) is 5.19. The summed E-state index contributed by atoms with van der Waals surface area (Å²) in [6.45, 7) is 3.08. The van der Waals surface area contributed by atoms with Gasteiger partial charge in [-0.15, -0.1) is 11.3 Å². The Hall–Kier alpha value is -3.82. The van der Waals surface area contributed by atoms with Gasteiger partial charge in [0.15, 0.2) is 0 Å². The first-order chi connectivity index (χ1) is 21.2. The molecule has 10 heteroatoms. The standard InChI is InChI=1S/C34H32Cl2N2O5S/c1-5-43-34(40)26-20-38(17-22-9-6-7-12-29(22)42-4)33-30(31(26)39)25(32(44-33)21-13-15-23(41-3)16-14-21)19-37(2)18-24-27(35)10-8-11-28(24)36/h6-16,20H,5,17-19H2,1-4H3. The number of ether oxygens (including phenoxy) is 3. The van der Waals surface area contributed by atoms with Crippen molar-refractivity contribution in [2.75, 3.05) is 27.9 Å². The summed E-state index contributed by atoms with van der Waals surface area (Å²) in [5, 5.41) is 1.61. The Morgan fingerprint density at radius 1 is 0.909 bits per heavy atom. The Morgan fingerprint density at radius 3 is 2.25 bits per heavy atom. The highest BCUT2D eigenvalue weighted by Gasteiger charge is 2.25. The molecule has 0 saturated heterocycles. The Balaban J connectivity index is 1.73. The molecule has 0 aliphatic heterocycles. The summed E-state index contributed by atoms with van der Waals surface area (Å²) in [6.07, 6.45) is 1.60. The van der Waals surface area contributed by atoms with Gasteiger partial charge in [-0.05, 0) is 67.6 Å². The molecule has 5 rings (SSSR count). The van der Waals surface area contributed by atoms with E-state index in [1.54, 1.807) is 27.3 Å². The summed E-state index contributed by atoms with van der Waals surface area (Å²) in [5.41, 5.74) is 3.03. The number of nitrogens with zero attached hydrogens (tertiary/aromatic N) is 2. The van der Waals surface area contributed by atoms with Crippen LogP contribution in [0.25, 0.3) is 20.7 Å². The molecule has 0 atom stereocenters. The highest BCUT2D eigenvalue weighted by atomic mass is 35.5. The summed E-state index contributed by atoms with van der Waals surface area (Å²) in [5.74, 6) is 0.773. The molecule has 0 aliphatic carbocycles. The first-order valence-corrected chi connectivity index (χ1v) is 15.6. The van der Waals surface area contributed by atoms with E-state index < -0.39 is 5.97 Å². The molecule has 0 N–H and O–H groups in total. The third-order valence-corrected chi connectivity index (χ3v) is 9.33. The third kappa shape index (κ3) is 6.49. The number of fused-ring (bicyclic) bond motifs is 1. The summed E-state index contributed by atoms with van der Waals surface area (Å²) < 4.78 is 18.3. The van der Waals surface area contributed by atoms with Crippen molar-refractivity contribution in [2.45, 2.75) is 26.6 Å². The monoisotopic (exact) mass is 650 g/mol. The number of hydrogen-bond donors (Lipinski definition) is 0. The second kappa shape index (κ2) is 13.9. The van der Waals surface area contributed by atoms with Gasteiger partial charge in [-0.25, -0.2) is 4.79 Å². The average Bonchev–Trinajstić information content (AvgIpc) is 3.40. The van der Waals surface area contributed by atoms with Crippen LogP contribution in [-0.4, -0.2) is 43.3 Å². The maximum atomic E-state index is 14.2. The highest BCUT2D eigenvalue weighted by Crippen LogP contribution is 2.40. The first-order valence-electron chi connectivity index (χ1n) is 14.0. The molecule has 0 fully saturated rings. The van der Waals surface area contributed by atoms with Gasteiger partial charge in [0.25, 0.3) is 0 Å². The van der Waals surface area contributed by atoms with Crippen molar-refractivity contribution in [2.24, 2.45) is 0 Å². The molecule has 2 heterocycles. The number of aromatic nitrogens is 1. The number of carbonyl (C=O) groups excluding carboxylic acids is 1. The SMILES string of the molecule is CCOC(=O)c1cn(Cc2ccccc2OC)c2sc(-c3ccc(OC)cc3)c(CN(C)Cc3c(Cl)cccc3Cl)c2c1=O. The molecule has 44 heavy (non-hydrogen) atoms. The lowest BCUT2D eigenvalue weighted by Gasteiger charge is -2.19. The molecule has 0 spiro atoms. The van der Waals surface area contributed by atoms with Crippen LogP contribution in [-0.2, 0) is 24.4 Å². The Morgan fingerprint density at radius 2 is 1.59 bits per heavy atom. The van der Waals surface area contributed by atoms with Crippen LogP contribution in [0.15, 0.2) is 77.7 Å². The third-order valence-electron chi connectivity index (χ3n) is 7.30. The molecule has 228 valence electrons. The molecule has 0 amide bonds. The largest absolute Gasteiger partial charge is 0.497 e. The van der Waals surface area contributed by atoms with Crippen molar-refractivity contribution in [3.8, 4) is 21.9 Å². The van der Waals surface area contributed by atoms with Crippen LogP contribution in [0.3, 0.4) is 0 Å². The zero-order valence-electron chi connectivity index (χ0n) is 24.9. The minimum atomic E-state index is -0.660. The van der Waals surface area contributed by atoms with Crippen LogP contribution in [0.5, 0.6) is 11.5 Å². The van der Waals surface area contributed by atoms with Crippen molar-refractivity contribution in [3.63, 3.8) is 0 Å². The van der Waals surface area contributed by atoms with Crippen LogP contribution >= 0.6 is 34.5 Å². The number of methoxy groups -OCH3 is 2. The summed E-state index contributed by atoms with van der Waals surface area (Å²) in [6, 6.07) is 20.8. The van der Waals surface area contributed by atoms with E-state index in [9.17, 15) is 9.59 Å². The van der Waals surface area contributed by atoms with Gasteiger partial charge >= 0.3 is 5.97 Å². The quantitative estimate of drug-likeness (QED) is 0.135. The molecule has 0 bridgehead atoms. The second-order valence-electron chi connectivity index (χ2n) is 10.2. The van der Waals surface area contributed by atoms with Crippen LogP contribution < -0.4 is 14.9 Å². The van der Waals surface area contributed by atoms with E-state index >= 15 is 0 Å². The van der Waals surface area contributed by atoms with Crippen molar-refractivity contribution >= 4 is 50.7 Å². The van der Waals surface area contributed by atoms with Crippen molar-refractivity contribution < 1.29 is 19.0 Å². The molecule has 5 aromatic rings. The number of pyridine rings is 1. The molecule has 7 nitrogen and oxygen atoms in total. The minimum absolute atomic E-state index is 0.0219. The van der Waals surface area contributed by atoms with E-state index in [0.29, 0.717) is 40.8 Å². The molecule has 3 aromatic carbocycles. The maximum absolute atomic E-state index is 14.2. The van der Waals surface area contributed by atoms with E-state index in [4.69, 9.17) is 37.4 Å². The number of carbonyl (C=O) groups is 1. The summed E-state index contributed by atoms with van der Waals surface area (Å²) in [7, 11) is 5.19. The summed E-state index contributed by atoms with van der Waals surface area (Å²) in [4.78, 5) is 31.0. The number of rotatable bonds is 11. The van der Waals surface area contributed by atoms with Crippen LogP contribution in [0.2, 0.25) is 10.0 Å². The van der Waals surface area contributed by atoms with Gasteiger partial charge in [0.05, 0.1) is 32.8 Å². The number of benzene rings is 3. The van der Waals surface area contributed by atoms with Gasteiger partial charge in [-0.1, -0.05) is 47.5 Å². The normalized spacial score (nSPS) is 11.2. The van der Waals surface area contributed by atoms with Gasteiger partial charge in [0, 0.05) is 45.3 Å². The molecule has 2 aromatic heterocycles. The topological polar surface area (TPSA) is 70.0 Å². The highest BCUT2D eigenvalue weighted by molar-refractivity contribution is 7.22.